The van der Waals surface area contributed by atoms with Gasteiger partial charge in [0.2, 0.25) is 0 Å². The van der Waals surface area contributed by atoms with E-state index in [9.17, 15) is 5.11 Å². The van der Waals surface area contributed by atoms with Crippen molar-refractivity contribution in [3.05, 3.63) is 47.8 Å². The fourth-order valence-electron chi connectivity index (χ4n) is 2.04. The van der Waals surface area contributed by atoms with Crippen LogP contribution >= 0.6 is 0 Å². The number of rotatable bonds is 5. The van der Waals surface area contributed by atoms with Gasteiger partial charge in [0.1, 0.15) is 5.75 Å². The first kappa shape index (κ1) is 12.6. The van der Waals surface area contributed by atoms with E-state index in [1.165, 1.54) is 11.1 Å². The highest BCUT2D eigenvalue weighted by atomic mass is 16.3. The highest BCUT2D eigenvalue weighted by Crippen LogP contribution is 2.19. The second-order valence-corrected chi connectivity index (χ2v) is 4.43. The van der Waals surface area contributed by atoms with E-state index >= 15 is 0 Å². The van der Waals surface area contributed by atoms with Crippen LogP contribution in [0.15, 0.2) is 36.7 Å². The number of likely N-dealkylation sites (N-methyl/N-ethyl adjacent to an activating group) is 1. The Balaban J connectivity index is 2.13. The molecular weight excluding hydrogens is 226 g/mol. The summed E-state index contributed by atoms with van der Waals surface area (Å²) in [7, 11) is 1.92. The lowest BCUT2D eigenvalue weighted by Crippen LogP contribution is -2.22. The van der Waals surface area contributed by atoms with Crippen molar-refractivity contribution >= 4 is 0 Å². The van der Waals surface area contributed by atoms with Crippen molar-refractivity contribution in [3.63, 3.8) is 0 Å². The number of nitrogens with zero attached hydrogens (tertiary/aromatic N) is 2. The lowest BCUT2D eigenvalue weighted by atomic mass is 10.0. The van der Waals surface area contributed by atoms with Gasteiger partial charge in [0, 0.05) is 24.8 Å². The van der Waals surface area contributed by atoms with Gasteiger partial charge < -0.3 is 10.4 Å². The van der Waals surface area contributed by atoms with Gasteiger partial charge in [-0.3, -0.25) is 4.68 Å². The Bertz CT molecular complexity index is 490. The monoisotopic (exact) mass is 245 g/mol. The zero-order chi connectivity index (χ0) is 13.0. The van der Waals surface area contributed by atoms with Gasteiger partial charge in [-0.15, -0.1) is 0 Å². The minimum Gasteiger partial charge on any atom is -0.508 e. The molecule has 1 heterocycles. The van der Waals surface area contributed by atoms with E-state index in [0.29, 0.717) is 5.75 Å². The van der Waals surface area contributed by atoms with Crippen molar-refractivity contribution < 1.29 is 5.11 Å². The van der Waals surface area contributed by atoms with Crippen LogP contribution in [0.4, 0.5) is 0 Å². The predicted molar refractivity (Wildman–Crippen MR) is 71.4 cm³/mol. The van der Waals surface area contributed by atoms with E-state index < -0.39 is 0 Å². The average Bonchev–Trinajstić information content (AvgIpc) is 2.78. The van der Waals surface area contributed by atoms with E-state index in [0.717, 1.165) is 13.0 Å². The SMILES string of the molecule is CCNC(Cc1ccc(O)cc1)c1cnn(C)c1. The number of hydrogen-bond donors (Lipinski definition) is 2. The Morgan fingerprint density at radius 1 is 1.33 bits per heavy atom. The maximum atomic E-state index is 9.29. The first-order valence-corrected chi connectivity index (χ1v) is 6.19. The molecule has 0 fully saturated rings. The Morgan fingerprint density at radius 2 is 2.06 bits per heavy atom. The van der Waals surface area contributed by atoms with Crippen LogP contribution in [-0.2, 0) is 13.5 Å². The van der Waals surface area contributed by atoms with E-state index in [1.54, 1.807) is 12.1 Å². The second-order valence-electron chi connectivity index (χ2n) is 4.43. The number of aromatic nitrogens is 2. The van der Waals surface area contributed by atoms with Gasteiger partial charge in [0.05, 0.1) is 6.20 Å². The Morgan fingerprint density at radius 3 is 2.61 bits per heavy atom. The van der Waals surface area contributed by atoms with Crippen molar-refractivity contribution in [2.75, 3.05) is 6.54 Å². The summed E-state index contributed by atoms with van der Waals surface area (Å²) in [6, 6.07) is 7.61. The highest BCUT2D eigenvalue weighted by Gasteiger charge is 2.12. The van der Waals surface area contributed by atoms with Gasteiger partial charge in [-0.2, -0.15) is 5.10 Å². The maximum absolute atomic E-state index is 9.29. The minimum atomic E-state index is 0.258. The summed E-state index contributed by atoms with van der Waals surface area (Å²) in [4.78, 5) is 0. The van der Waals surface area contributed by atoms with E-state index in [4.69, 9.17) is 0 Å². The van der Waals surface area contributed by atoms with Crippen molar-refractivity contribution in [3.8, 4) is 5.75 Å². The summed E-state index contributed by atoms with van der Waals surface area (Å²) >= 11 is 0. The summed E-state index contributed by atoms with van der Waals surface area (Å²) in [5, 5.41) is 17.0. The molecule has 0 bridgehead atoms. The summed E-state index contributed by atoms with van der Waals surface area (Å²) < 4.78 is 1.82. The Hall–Kier alpha value is -1.81. The van der Waals surface area contributed by atoms with Gasteiger partial charge in [0.25, 0.3) is 0 Å². The van der Waals surface area contributed by atoms with Crippen LogP contribution in [0.1, 0.15) is 24.1 Å². The molecule has 2 N–H and O–H groups in total. The number of benzene rings is 1. The number of nitrogens with one attached hydrogen (secondary N) is 1. The molecular formula is C14H19N3O. The molecule has 0 aliphatic carbocycles. The van der Waals surface area contributed by atoms with Gasteiger partial charge in [0.15, 0.2) is 0 Å². The molecule has 0 radical (unpaired) electrons. The molecule has 18 heavy (non-hydrogen) atoms. The molecule has 1 atom stereocenters. The molecule has 0 saturated carbocycles. The van der Waals surface area contributed by atoms with Crippen LogP contribution in [0.25, 0.3) is 0 Å². The van der Waals surface area contributed by atoms with Gasteiger partial charge in [-0.05, 0) is 30.7 Å². The molecule has 1 aromatic heterocycles. The number of phenolic OH excluding ortho intramolecular Hbond substituents is 1. The van der Waals surface area contributed by atoms with E-state index in [1.807, 2.05) is 36.3 Å². The summed E-state index contributed by atoms with van der Waals surface area (Å²) in [6.07, 6.45) is 4.82. The van der Waals surface area contributed by atoms with Crippen molar-refractivity contribution in [1.82, 2.24) is 15.1 Å². The molecule has 1 aromatic carbocycles. The smallest absolute Gasteiger partial charge is 0.115 e. The molecule has 0 aliphatic heterocycles. The normalized spacial score (nSPS) is 12.6. The third-order valence-electron chi connectivity index (χ3n) is 2.95. The fourth-order valence-corrected chi connectivity index (χ4v) is 2.04. The second kappa shape index (κ2) is 5.69. The van der Waals surface area contributed by atoms with Crippen LogP contribution in [-0.4, -0.2) is 21.4 Å². The molecule has 1 unspecified atom stereocenters. The van der Waals surface area contributed by atoms with Crippen molar-refractivity contribution in [2.45, 2.75) is 19.4 Å². The number of aryl methyl sites for hydroxylation is 1. The molecule has 4 nitrogen and oxygen atoms in total. The summed E-state index contributed by atoms with van der Waals surface area (Å²) in [5.74, 6) is 0.306. The molecule has 0 aliphatic rings. The quantitative estimate of drug-likeness (QED) is 0.847. The van der Waals surface area contributed by atoms with Gasteiger partial charge in [-0.1, -0.05) is 19.1 Å². The summed E-state index contributed by atoms with van der Waals surface area (Å²) in [6.45, 7) is 3.01. The lowest BCUT2D eigenvalue weighted by Gasteiger charge is -2.16. The first-order chi connectivity index (χ1) is 8.69. The van der Waals surface area contributed by atoms with E-state index in [2.05, 4.69) is 17.3 Å². The molecule has 0 spiro atoms. The van der Waals surface area contributed by atoms with Gasteiger partial charge >= 0.3 is 0 Å². The standard InChI is InChI=1S/C14H19N3O/c1-3-15-14(12-9-16-17(2)10-12)8-11-4-6-13(18)7-5-11/h4-7,9-10,14-15,18H,3,8H2,1-2H3. The lowest BCUT2D eigenvalue weighted by molar-refractivity contribution is 0.474. The molecule has 2 aromatic rings. The molecule has 2 rings (SSSR count). The maximum Gasteiger partial charge on any atom is 0.115 e. The largest absolute Gasteiger partial charge is 0.508 e. The Labute approximate surface area is 107 Å². The Kier molecular flexibility index (Phi) is 3.99. The summed E-state index contributed by atoms with van der Waals surface area (Å²) in [5.41, 5.74) is 2.38. The first-order valence-electron chi connectivity index (χ1n) is 6.19. The van der Waals surface area contributed by atoms with Gasteiger partial charge in [-0.25, -0.2) is 0 Å². The minimum absolute atomic E-state index is 0.258. The van der Waals surface area contributed by atoms with Crippen LogP contribution in [0.2, 0.25) is 0 Å². The third kappa shape index (κ3) is 3.11. The zero-order valence-electron chi connectivity index (χ0n) is 10.8. The molecule has 0 amide bonds. The fraction of sp³-hybridized carbons (Fsp3) is 0.357. The van der Waals surface area contributed by atoms with Crippen LogP contribution in [0, 0.1) is 0 Å². The van der Waals surface area contributed by atoms with E-state index in [-0.39, 0.29) is 6.04 Å². The number of hydrogen-bond acceptors (Lipinski definition) is 3. The van der Waals surface area contributed by atoms with Crippen LogP contribution in [0.5, 0.6) is 5.75 Å². The third-order valence-corrected chi connectivity index (χ3v) is 2.95. The van der Waals surface area contributed by atoms with Crippen LogP contribution in [0.3, 0.4) is 0 Å². The molecule has 96 valence electrons. The molecule has 0 saturated heterocycles. The number of aromatic hydroxyl groups is 1. The van der Waals surface area contributed by atoms with Crippen molar-refractivity contribution in [1.29, 1.82) is 0 Å². The van der Waals surface area contributed by atoms with Crippen LogP contribution < -0.4 is 5.32 Å². The molecule has 4 heteroatoms. The average molecular weight is 245 g/mol. The topological polar surface area (TPSA) is 50.1 Å². The van der Waals surface area contributed by atoms with Crippen molar-refractivity contribution in [2.24, 2.45) is 7.05 Å². The number of phenols is 1. The highest BCUT2D eigenvalue weighted by molar-refractivity contribution is 5.27. The predicted octanol–water partition coefficient (Wildman–Crippen LogP) is 2.02. The zero-order valence-corrected chi connectivity index (χ0v) is 10.8.